The summed E-state index contributed by atoms with van der Waals surface area (Å²) in [5.74, 6) is 0.430. The van der Waals surface area contributed by atoms with Crippen molar-refractivity contribution in [3.05, 3.63) is 46.2 Å². The number of urea groups is 1. The Bertz CT molecular complexity index is 736. The second kappa shape index (κ2) is 5.96. The molecule has 1 atom stereocenters. The van der Waals surface area contributed by atoms with Gasteiger partial charge in [0.2, 0.25) is 0 Å². The molecule has 2 aliphatic rings. The Morgan fingerprint density at radius 1 is 1.25 bits per heavy atom. The Morgan fingerprint density at radius 2 is 1.96 bits per heavy atom. The third-order valence-electron chi connectivity index (χ3n) is 4.76. The van der Waals surface area contributed by atoms with Crippen molar-refractivity contribution in [3.63, 3.8) is 0 Å². The van der Waals surface area contributed by atoms with Crippen LogP contribution < -0.4 is 5.32 Å². The van der Waals surface area contributed by atoms with E-state index in [1.54, 1.807) is 11.9 Å². The largest absolute Gasteiger partial charge is 0.333 e. The fourth-order valence-electron chi connectivity index (χ4n) is 3.59. The molecule has 0 fully saturated rings. The highest BCUT2D eigenvalue weighted by atomic mass is 16.2. The quantitative estimate of drug-likeness (QED) is 0.928. The van der Waals surface area contributed by atoms with Crippen molar-refractivity contribution in [3.8, 4) is 0 Å². The molecule has 0 unspecified atom stereocenters. The zero-order valence-electron chi connectivity index (χ0n) is 15.0. The summed E-state index contributed by atoms with van der Waals surface area (Å²) in [4.78, 5) is 28.8. The predicted octanol–water partition coefficient (Wildman–Crippen LogP) is 2.75. The topological polar surface area (TPSA) is 52.7 Å². The van der Waals surface area contributed by atoms with Crippen molar-refractivity contribution in [2.45, 2.75) is 33.7 Å². The Balaban J connectivity index is 2.04. The fraction of sp³-hybridized carbons (Fsp3) is 0.474. The number of aryl methyl sites for hydroxylation is 2. The van der Waals surface area contributed by atoms with E-state index in [-0.39, 0.29) is 18.0 Å². The molecule has 1 aromatic carbocycles. The van der Waals surface area contributed by atoms with Crippen molar-refractivity contribution in [1.82, 2.24) is 15.1 Å². The Kier molecular flexibility index (Phi) is 4.11. The molecule has 128 valence electrons. The second-order valence-corrected chi connectivity index (χ2v) is 7.24. The summed E-state index contributed by atoms with van der Waals surface area (Å²) in [7, 11) is 1.73. The molecule has 0 spiro atoms. The van der Waals surface area contributed by atoms with Crippen LogP contribution in [-0.4, -0.2) is 41.9 Å². The van der Waals surface area contributed by atoms with Gasteiger partial charge in [0, 0.05) is 13.6 Å². The number of carbonyl (C=O) groups is 2. The number of hydrogen-bond donors (Lipinski definition) is 1. The summed E-state index contributed by atoms with van der Waals surface area (Å²) in [6, 6.07) is 5.61. The zero-order chi connectivity index (χ0) is 17.6. The van der Waals surface area contributed by atoms with Crippen LogP contribution in [-0.2, 0) is 4.79 Å². The molecule has 0 saturated carbocycles. The van der Waals surface area contributed by atoms with Gasteiger partial charge < -0.3 is 10.2 Å². The summed E-state index contributed by atoms with van der Waals surface area (Å²) in [6.07, 6.45) is 0. The lowest BCUT2D eigenvalue weighted by Gasteiger charge is -2.31. The fourth-order valence-corrected chi connectivity index (χ4v) is 3.59. The normalized spacial score (nSPS) is 20.8. The first kappa shape index (κ1) is 16.6. The van der Waals surface area contributed by atoms with Crippen LogP contribution in [0.3, 0.4) is 0 Å². The van der Waals surface area contributed by atoms with Crippen LogP contribution >= 0.6 is 0 Å². The molecule has 24 heavy (non-hydrogen) atoms. The third-order valence-corrected chi connectivity index (χ3v) is 4.76. The maximum Gasteiger partial charge on any atom is 0.322 e. The highest BCUT2D eigenvalue weighted by Crippen LogP contribution is 2.37. The van der Waals surface area contributed by atoms with Crippen molar-refractivity contribution in [2.24, 2.45) is 5.92 Å². The summed E-state index contributed by atoms with van der Waals surface area (Å²) in [6.45, 7) is 9.47. The molecule has 0 saturated heterocycles. The number of likely N-dealkylation sites (N-methyl/N-ethyl adjacent to an activating group) is 1. The monoisotopic (exact) mass is 327 g/mol. The van der Waals surface area contributed by atoms with Gasteiger partial charge in [0.25, 0.3) is 5.91 Å². The Morgan fingerprint density at radius 3 is 2.58 bits per heavy atom. The Labute approximate surface area is 143 Å². The van der Waals surface area contributed by atoms with Crippen molar-refractivity contribution in [1.29, 1.82) is 0 Å². The van der Waals surface area contributed by atoms with Gasteiger partial charge >= 0.3 is 6.03 Å². The number of nitrogens with zero attached hydrogens (tertiary/aromatic N) is 2. The summed E-state index contributed by atoms with van der Waals surface area (Å²) >= 11 is 0. The average molecular weight is 327 g/mol. The molecule has 2 aliphatic heterocycles. The minimum absolute atomic E-state index is 0.0375. The number of rotatable bonds is 3. The van der Waals surface area contributed by atoms with Crippen LogP contribution in [0.25, 0.3) is 0 Å². The Hall–Kier alpha value is -2.30. The van der Waals surface area contributed by atoms with E-state index in [1.807, 2.05) is 30.9 Å². The molecule has 0 aromatic heterocycles. The highest BCUT2D eigenvalue weighted by molar-refractivity contribution is 6.01. The van der Waals surface area contributed by atoms with E-state index in [0.717, 1.165) is 16.8 Å². The van der Waals surface area contributed by atoms with Gasteiger partial charge in [0.05, 0.1) is 23.9 Å². The first-order valence-corrected chi connectivity index (χ1v) is 8.43. The zero-order valence-corrected chi connectivity index (χ0v) is 15.0. The lowest BCUT2D eigenvalue weighted by atomic mass is 9.91. The van der Waals surface area contributed by atoms with Gasteiger partial charge in [-0.3, -0.25) is 9.69 Å². The van der Waals surface area contributed by atoms with Gasteiger partial charge in [-0.1, -0.05) is 37.6 Å². The van der Waals surface area contributed by atoms with Crippen LogP contribution in [0.2, 0.25) is 0 Å². The number of amides is 3. The van der Waals surface area contributed by atoms with E-state index < -0.39 is 0 Å². The second-order valence-electron chi connectivity index (χ2n) is 7.24. The van der Waals surface area contributed by atoms with Gasteiger partial charge in [-0.25, -0.2) is 4.79 Å². The molecule has 1 aromatic rings. The molecular formula is C19H25N3O2. The molecule has 2 heterocycles. The van der Waals surface area contributed by atoms with Crippen LogP contribution in [0.15, 0.2) is 29.5 Å². The first-order valence-electron chi connectivity index (χ1n) is 8.43. The van der Waals surface area contributed by atoms with Crippen LogP contribution in [0, 0.1) is 19.8 Å². The summed E-state index contributed by atoms with van der Waals surface area (Å²) in [5, 5.41) is 3.00. The number of hydrogen-bond acceptors (Lipinski definition) is 2. The van der Waals surface area contributed by atoms with Gasteiger partial charge in [0.1, 0.15) is 0 Å². The van der Waals surface area contributed by atoms with E-state index >= 15 is 0 Å². The molecule has 1 N–H and O–H groups in total. The van der Waals surface area contributed by atoms with Crippen molar-refractivity contribution >= 4 is 11.9 Å². The van der Waals surface area contributed by atoms with E-state index in [0.29, 0.717) is 24.6 Å². The third kappa shape index (κ3) is 2.68. The SMILES string of the molecule is Cc1ccc([C@@H]2NC(=O)N(C)C3=C2C(=O)N(CC(C)C)C3)c(C)c1. The molecule has 3 amide bonds. The average Bonchev–Trinajstić information content (AvgIpc) is 2.80. The van der Waals surface area contributed by atoms with Crippen molar-refractivity contribution in [2.75, 3.05) is 20.1 Å². The molecular weight excluding hydrogens is 302 g/mol. The molecule has 5 heteroatoms. The first-order chi connectivity index (χ1) is 11.3. The van der Waals surface area contributed by atoms with E-state index in [9.17, 15) is 9.59 Å². The molecule has 5 nitrogen and oxygen atoms in total. The van der Waals surface area contributed by atoms with Gasteiger partial charge in [-0.2, -0.15) is 0 Å². The minimum Gasteiger partial charge on any atom is -0.333 e. The smallest absolute Gasteiger partial charge is 0.322 e. The van der Waals surface area contributed by atoms with Crippen molar-refractivity contribution < 1.29 is 9.59 Å². The highest BCUT2D eigenvalue weighted by Gasteiger charge is 2.43. The number of carbonyl (C=O) groups excluding carboxylic acids is 2. The van der Waals surface area contributed by atoms with E-state index in [4.69, 9.17) is 0 Å². The van der Waals surface area contributed by atoms with Crippen LogP contribution in [0.5, 0.6) is 0 Å². The van der Waals surface area contributed by atoms with Crippen LogP contribution in [0.1, 0.15) is 36.6 Å². The van der Waals surface area contributed by atoms with E-state index in [2.05, 4.69) is 25.2 Å². The predicted molar refractivity (Wildman–Crippen MR) is 93.4 cm³/mol. The number of benzene rings is 1. The van der Waals surface area contributed by atoms with Gasteiger partial charge in [-0.05, 0) is 30.9 Å². The maximum absolute atomic E-state index is 13.0. The standard InChI is InChI=1S/C19H25N3O2/c1-11(2)9-22-10-15-16(18(22)23)17(20-19(24)21(15)5)14-7-6-12(3)8-13(14)4/h6-8,11,17H,9-10H2,1-5H3,(H,20,24)/t17-/m0/s1. The van der Waals surface area contributed by atoms with Gasteiger partial charge in [0.15, 0.2) is 0 Å². The summed E-state index contributed by atoms with van der Waals surface area (Å²) < 4.78 is 0. The van der Waals surface area contributed by atoms with E-state index in [1.165, 1.54) is 5.56 Å². The molecule has 0 radical (unpaired) electrons. The molecule has 0 bridgehead atoms. The number of nitrogens with one attached hydrogen (secondary N) is 1. The lowest BCUT2D eigenvalue weighted by molar-refractivity contribution is -0.126. The minimum atomic E-state index is -0.367. The molecule has 3 rings (SSSR count). The van der Waals surface area contributed by atoms with Gasteiger partial charge in [-0.15, -0.1) is 0 Å². The summed E-state index contributed by atoms with van der Waals surface area (Å²) in [5.41, 5.74) is 4.80. The lowest BCUT2D eigenvalue weighted by Crippen LogP contribution is -2.45. The van der Waals surface area contributed by atoms with Crippen LogP contribution in [0.4, 0.5) is 4.79 Å². The molecule has 0 aliphatic carbocycles. The maximum atomic E-state index is 13.0.